The summed E-state index contributed by atoms with van der Waals surface area (Å²) in [6.07, 6.45) is 53.6. The second-order valence-electron chi connectivity index (χ2n) is 17.6. The second kappa shape index (κ2) is 45.8. The molecule has 0 spiro atoms. The monoisotopic (exact) mass is 901 g/mol. The Morgan fingerprint density at radius 1 is 0.516 bits per heavy atom. The third kappa shape index (κ3) is 35.8. The number of ether oxygens (including phenoxy) is 4. The minimum absolute atomic E-state index is 0.123. The summed E-state index contributed by atoms with van der Waals surface area (Å²) >= 11 is 0. The molecule has 4 N–H and O–H groups in total. The van der Waals surface area contributed by atoms with Crippen LogP contribution >= 0.6 is 0 Å². The lowest BCUT2D eigenvalue weighted by Crippen LogP contribution is -2.59. The van der Waals surface area contributed by atoms with Gasteiger partial charge in [0, 0.05) is 13.0 Å². The van der Waals surface area contributed by atoms with Gasteiger partial charge in [0.25, 0.3) is 0 Å². The third-order valence-electron chi connectivity index (χ3n) is 11.6. The van der Waals surface area contributed by atoms with E-state index in [4.69, 9.17) is 18.9 Å². The van der Waals surface area contributed by atoms with Crippen LogP contribution in [-0.4, -0.2) is 89.6 Å². The molecule has 1 aliphatic rings. The first-order valence-electron chi connectivity index (χ1n) is 26.0. The molecule has 1 rings (SSSR count). The Hall–Kier alpha value is -2.37. The highest BCUT2D eigenvalue weighted by atomic mass is 16.7. The molecular weight excluding hydrogens is 805 g/mol. The van der Waals surface area contributed by atoms with E-state index in [0.29, 0.717) is 13.0 Å². The molecule has 0 amide bonds. The van der Waals surface area contributed by atoms with Crippen LogP contribution in [0.3, 0.4) is 0 Å². The summed E-state index contributed by atoms with van der Waals surface area (Å²) in [6, 6.07) is 0. The van der Waals surface area contributed by atoms with E-state index in [1.165, 1.54) is 109 Å². The highest BCUT2D eigenvalue weighted by molar-refractivity contribution is 5.69. The van der Waals surface area contributed by atoms with Crippen molar-refractivity contribution in [2.75, 3.05) is 26.4 Å². The zero-order chi connectivity index (χ0) is 46.4. The van der Waals surface area contributed by atoms with Crippen molar-refractivity contribution in [3.63, 3.8) is 0 Å². The molecule has 0 aliphatic carbocycles. The van der Waals surface area contributed by atoms with Gasteiger partial charge in [-0.3, -0.25) is 4.79 Å². The number of allylic oxidation sites excluding steroid dienone is 12. The Labute approximate surface area is 391 Å². The summed E-state index contributed by atoms with van der Waals surface area (Å²) < 4.78 is 22.9. The number of hydrogen-bond donors (Lipinski definition) is 4. The summed E-state index contributed by atoms with van der Waals surface area (Å²) in [4.78, 5) is 12.8. The van der Waals surface area contributed by atoms with E-state index < -0.39 is 43.4 Å². The molecule has 9 nitrogen and oxygen atoms in total. The van der Waals surface area contributed by atoms with Crippen LogP contribution in [-0.2, 0) is 23.7 Å². The second-order valence-corrected chi connectivity index (χ2v) is 17.6. The molecule has 0 bridgehead atoms. The fraction of sp³-hybridized carbons (Fsp3) is 0.764. The van der Waals surface area contributed by atoms with Crippen molar-refractivity contribution < 1.29 is 44.2 Å². The van der Waals surface area contributed by atoms with Crippen molar-refractivity contribution in [1.82, 2.24) is 0 Å². The van der Waals surface area contributed by atoms with Crippen LogP contribution in [0.2, 0.25) is 0 Å². The predicted octanol–water partition coefficient (Wildman–Crippen LogP) is 12.8. The lowest BCUT2D eigenvalue weighted by Gasteiger charge is -2.39. The molecule has 370 valence electrons. The third-order valence-corrected chi connectivity index (χ3v) is 11.6. The quantitative estimate of drug-likeness (QED) is 0.0268. The zero-order valence-corrected chi connectivity index (χ0v) is 40.8. The summed E-state index contributed by atoms with van der Waals surface area (Å²) in [7, 11) is 0. The Morgan fingerprint density at radius 3 is 1.44 bits per heavy atom. The molecular formula is C55H96O9. The van der Waals surface area contributed by atoms with Crippen molar-refractivity contribution in [3.8, 4) is 0 Å². The molecule has 6 atom stereocenters. The standard InChI is InChI=1S/C55H96O9/c1-3-5-7-9-11-13-15-17-19-21-23-25-26-28-30-32-34-36-38-40-42-44-51(57)63-49(48-62-55-54(60)53(59)52(58)50(46-56)64-55)47-61-45-43-41-39-37-35-33-31-29-27-24-22-20-18-16-14-12-10-8-6-4-2/h6,8,12,14-15,17-18,20-21,23-24,27,49-50,52-56,58-60H,3-5,7,9-11,13,16,19,22,25-26,28-48H2,1-2H3/b8-6-,14-12-,17-15-,20-18-,23-21-,27-24-. The summed E-state index contributed by atoms with van der Waals surface area (Å²) in [5.41, 5.74) is 0. The first kappa shape index (κ1) is 59.6. The molecule has 9 heteroatoms. The average Bonchev–Trinajstić information content (AvgIpc) is 3.30. The van der Waals surface area contributed by atoms with Gasteiger partial charge >= 0.3 is 5.97 Å². The van der Waals surface area contributed by atoms with Gasteiger partial charge in [-0.25, -0.2) is 0 Å². The van der Waals surface area contributed by atoms with Crippen molar-refractivity contribution in [3.05, 3.63) is 72.9 Å². The van der Waals surface area contributed by atoms with Crippen LogP contribution in [0, 0.1) is 0 Å². The molecule has 64 heavy (non-hydrogen) atoms. The number of carbonyl (C=O) groups is 1. The number of unbranched alkanes of at least 4 members (excludes halogenated alkanes) is 21. The topological polar surface area (TPSA) is 135 Å². The van der Waals surface area contributed by atoms with Gasteiger partial charge in [-0.1, -0.05) is 189 Å². The van der Waals surface area contributed by atoms with Gasteiger partial charge in [0.15, 0.2) is 6.29 Å². The molecule has 0 radical (unpaired) electrons. The number of hydrogen-bond acceptors (Lipinski definition) is 9. The molecule has 6 unspecified atom stereocenters. The summed E-state index contributed by atoms with van der Waals surface area (Å²) in [5.74, 6) is -0.323. The van der Waals surface area contributed by atoms with Crippen LogP contribution in [0.5, 0.6) is 0 Å². The highest BCUT2D eigenvalue weighted by Gasteiger charge is 2.44. The van der Waals surface area contributed by atoms with Crippen LogP contribution in [0.25, 0.3) is 0 Å². The zero-order valence-electron chi connectivity index (χ0n) is 40.8. The maximum absolute atomic E-state index is 12.8. The van der Waals surface area contributed by atoms with E-state index in [-0.39, 0.29) is 19.2 Å². The predicted molar refractivity (Wildman–Crippen MR) is 265 cm³/mol. The van der Waals surface area contributed by atoms with E-state index >= 15 is 0 Å². The minimum atomic E-state index is -1.54. The molecule has 1 fully saturated rings. The number of rotatable bonds is 44. The maximum atomic E-state index is 12.8. The summed E-state index contributed by atoms with van der Waals surface area (Å²) in [6.45, 7) is 4.41. The molecule has 1 saturated heterocycles. The van der Waals surface area contributed by atoms with Crippen molar-refractivity contribution in [2.24, 2.45) is 0 Å². The van der Waals surface area contributed by atoms with E-state index in [0.717, 1.165) is 77.0 Å². The number of aliphatic hydroxyl groups excluding tert-OH is 4. The molecule has 0 aromatic rings. The Morgan fingerprint density at radius 2 is 0.953 bits per heavy atom. The SMILES string of the molecule is CC/C=C\C/C=C\C/C=C\C/C=C\CCCCCCCCCOCC(COC1OC(CO)C(O)C(O)C1O)OC(=O)CCCCCCCCCCC/C=C\C/C=C\CCCCCCC. The Balaban J connectivity index is 2.22. The Kier molecular flexibility index (Phi) is 42.7. The van der Waals surface area contributed by atoms with Gasteiger partial charge in [0.05, 0.1) is 19.8 Å². The number of carbonyl (C=O) groups excluding carboxylic acids is 1. The normalized spacial score (nSPS) is 20.1. The van der Waals surface area contributed by atoms with E-state index in [9.17, 15) is 25.2 Å². The Bertz CT molecular complexity index is 1210. The fourth-order valence-electron chi connectivity index (χ4n) is 7.57. The van der Waals surface area contributed by atoms with Gasteiger partial charge in [-0.2, -0.15) is 0 Å². The molecule has 1 aliphatic heterocycles. The first-order valence-corrected chi connectivity index (χ1v) is 26.0. The highest BCUT2D eigenvalue weighted by Crippen LogP contribution is 2.23. The first-order chi connectivity index (χ1) is 31.4. The lowest BCUT2D eigenvalue weighted by molar-refractivity contribution is -0.305. The summed E-state index contributed by atoms with van der Waals surface area (Å²) in [5, 5.41) is 40.3. The molecule has 0 aromatic carbocycles. The maximum Gasteiger partial charge on any atom is 0.306 e. The minimum Gasteiger partial charge on any atom is -0.457 e. The lowest BCUT2D eigenvalue weighted by atomic mass is 9.99. The van der Waals surface area contributed by atoms with E-state index in [2.05, 4.69) is 86.8 Å². The molecule has 1 heterocycles. The van der Waals surface area contributed by atoms with Crippen LogP contribution in [0.4, 0.5) is 0 Å². The molecule has 0 aromatic heterocycles. The van der Waals surface area contributed by atoms with Gasteiger partial charge in [0.2, 0.25) is 0 Å². The van der Waals surface area contributed by atoms with Crippen molar-refractivity contribution in [1.29, 1.82) is 0 Å². The van der Waals surface area contributed by atoms with Gasteiger partial charge in [0.1, 0.15) is 30.5 Å². The fourth-order valence-corrected chi connectivity index (χ4v) is 7.57. The van der Waals surface area contributed by atoms with Crippen LogP contribution < -0.4 is 0 Å². The van der Waals surface area contributed by atoms with E-state index in [1.807, 2.05) is 0 Å². The van der Waals surface area contributed by atoms with Crippen molar-refractivity contribution in [2.45, 2.75) is 243 Å². The molecule has 0 saturated carbocycles. The average molecular weight is 901 g/mol. The van der Waals surface area contributed by atoms with Crippen LogP contribution in [0.1, 0.15) is 206 Å². The van der Waals surface area contributed by atoms with Gasteiger partial charge in [-0.05, 0) is 83.5 Å². The van der Waals surface area contributed by atoms with Gasteiger partial charge < -0.3 is 39.4 Å². The number of esters is 1. The van der Waals surface area contributed by atoms with Gasteiger partial charge in [-0.15, -0.1) is 0 Å². The number of aliphatic hydroxyl groups is 4. The van der Waals surface area contributed by atoms with E-state index in [1.54, 1.807) is 0 Å². The van der Waals surface area contributed by atoms with Crippen LogP contribution in [0.15, 0.2) is 72.9 Å². The largest absolute Gasteiger partial charge is 0.457 e. The van der Waals surface area contributed by atoms with Crippen molar-refractivity contribution >= 4 is 5.97 Å². The smallest absolute Gasteiger partial charge is 0.306 e.